The summed E-state index contributed by atoms with van der Waals surface area (Å²) in [6.45, 7) is 2.40. The van der Waals surface area contributed by atoms with E-state index in [1.54, 1.807) is 0 Å². The van der Waals surface area contributed by atoms with Crippen molar-refractivity contribution >= 4 is 21.6 Å². The van der Waals surface area contributed by atoms with Gasteiger partial charge in [0.1, 0.15) is 4.90 Å². The lowest BCUT2D eigenvalue weighted by molar-refractivity contribution is 0.102. The smallest absolute Gasteiger partial charge is 0.244 e. The summed E-state index contributed by atoms with van der Waals surface area (Å²) in [5, 5.41) is 8.85. The molecule has 2 atom stereocenters. The summed E-state index contributed by atoms with van der Waals surface area (Å²) in [4.78, 5) is 0.0137. The number of nitrogens with zero attached hydrogens (tertiary/aromatic N) is 2. The largest absolute Gasteiger partial charge is 0.377 e. The van der Waals surface area contributed by atoms with Crippen molar-refractivity contribution in [3.63, 3.8) is 0 Å². The minimum Gasteiger partial charge on any atom is -0.377 e. The summed E-state index contributed by atoms with van der Waals surface area (Å²) in [6, 6.07) is 5.89. The van der Waals surface area contributed by atoms with Crippen molar-refractivity contribution in [3.8, 4) is 6.07 Å². The molecule has 7 heteroatoms. The fraction of sp³-hybridized carbons (Fsp3) is 0.462. The number of halogens is 1. The van der Waals surface area contributed by atoms with Crippen LogP contribution in [0.3, 0.4) is 0 Å². The SMILES string of the molecule is CC1OCCC1N(C)S(=O)(=O)c1ccc(C#N)cc1Cl. The molecule has 0 radical (unpaired) electrons. The molecule has 1 aromatic carbocycles. The molecular weight excluding hydrogens is 300 g/mol. The molecule has 1 aliphatic heterocycles. The van der Waals surface area contributed by atoms with Gasteiger partial charge in [-0.2, -0.15) is 9.57 Å². The summed E-state index contributed by atoms with van der Waals surface area (Å²) < 4.78 is 31.9. The Bertz CT molecular complexity index is 654. The molecule has 2 rings (SSSR count). The van der Waals surface area contributed by atoms with Crippen molar-refractivity contribution in [1.82, 2.24) is 4.31 Å². The van der Waals surface area contributed by atoms with E-state index in [1.807, 2.05) is 13.0 Å². The number of hydrogen-bond acceptors (Lipinski definition) is 4. The molecule has 1 heterocycles. The molecule has 2 unspecified atom stereocenters. The average molecular weight is 315 g/mol. The van der Waals surface area contributed by atoms with E-state index in [2.05, 4.69) is 0 Å². The molecule has 1 aromatic rings. The normalized spacial score (nSPS) is 22.9. The predicted octanol–water partition coefficient (Wildman–Crippen LogP) is 2.01. The first kappa shape index (κ1) is 15.3. The zero-order valence-corrected chi connectivity index (χ0v) is 12.8. The average Bonchev–Trinajstić information content (AvgIpc) is 2.83. The molecule has 0 spiro atoms. The van der Waals surface area contributed by atoms with Crippen LogP contribution < -0.4 is 0 Å². The Morgan fingerprint density at radius 3 is 2.70 bits per heavy atom. The minimum absolute atomic E-state index is 0.0137. The van der Waals surface area contributed by atoms with Crippen LogP contribution in [-0.4, -0.2) is 38.5 Å². The third-order valence-electron chi connectivity index (χ3n) is 3.52. The van der Waals surface area contributed by atoms with Crippen molar-refractivity contribution in [2.24, 2.45) is 0 Å². The third kappa shape index (κ3) is 2.67. The molecule has 0 N–H and O–H groups in total. The molecular formula is C13H15ClN2O3S. The van der Waals surface area contributed by atoms with Crippen LogP contribution in [0.5, 0.6) is 0 Å². The fourth-order valence-corrected chi connectivity index (χ4v) is 4.27. The Balaban J connectivity index is 2.38. The summed E-state index contributed by atoms with van der Waals surface area (Å²) >= 11 is 5.99. The van der Waals surface area contributed by atoms with Crippen LogP contribution in [0.4, 0.5) is 0 Å². The van der Waals surface area contributed by atoms with E-state index in [9.17, 15) is 8.42 Å². The predicted molar refractivity (Wildman–Crippen MR) is 74.9 cm³/mol. The number of nitriles is 1. The van der Waals surface area contributed by atoms with Crippen molar-refractivity contribution in [3.05, 3.63) is 28.8 Å². The van der Waals surface area contributed by atoms with E-state index in [0.29, 0.717) is 18.6 Å². The number of rotatable bonds is 3. The molecule has 108 valence electrons. The number of ether oxygens (including phenoxy) is 1. The van der Waals surface area contributed by atoms with Gasteiger partial charge in [0.2, 0.25) is 10.0 Å². The Morgan fingerprint density at radius 1 is 1.50 bits per heavy atom. The maximum Gasteiger partial charge on any atom is 0.244 e. The molecule has 1 fully saturated rings. The summed E-state index contributed by atoms with van der Waals surface area (Å²) in [5.74, 6) is 0. The first-order valence-corrected chi connectivity index (χ1v) is 7.99. The van der Waals surface area contributed by atoms with Crippen molar-refractivity contribution < 1.29 is 13.2 Å². The highest BCUT2D eigenvalue weighted by Crippen LogP contribution is 2.29. The molecule has 0 bridgehead atoms. The molecule has 0 aliphatic carbocycles. The fourth-order valence-electron chi connectivity index (χ4n) is 2.31. The Labute approximate surface area is 123 Å². The number of likely N-dealkylation sites (N-methyl/N-ethyl adjacent to an activating group) is 1. The monoisotopic (exact) mass is 314 g/mol. The zero-order chi connectivity index (χ0) is 14.9. The van der Waals surface area contributed by atoms with Crippen molar-refractivity contribution in [1.29, 1.82) is 5.26 Å². The first-order chi connectivity index (χ1) is 9.37. The van der Waals surface area contributed by atoms with Crippen LogP contribution in [0.2, 0.25) is 5.02 Å². The maximum absolute atomic E-state index is 12.6. The van der Waals surface area contributed by atoms with Crippen molar-refractivity contribution in [2.45, 2.75) is 30.4 Å². The lowest BCUT2D eigenvalue weighted by Gasteiger charge is -2.26. The van der Waals surface area contributed by atoms with E-state index in [4.69, 9.17) is 21.6 Å². The topological polar surface area (TPSA) is 70.4 Å². The summed E-state index contributed by atoms with van der Waals surface area (Å²) in [5.41, 5.74) is 0.328. The molecule has 1 saturated heterocycles. The molecule has 0 saturated carbocycles. The van der Waals surface area contributed by atoms with Crippen molar-refractivity contribution in [2.75, 3.05) is 13.7 Å². The van der Waals surface area contributed by atoms with Gasteiger partial charge in [0.25, 0.3) is 0 Å². The molecule has 5 nitrogen and oxygen atoms in total. The lowest BCUT2D eigenvalue weighted by Crippen LogP contribution is -2.41. The van der Waals surface area contributed by atoms with Crippen LogP contribution in [-0.2, 0) is 14.8 Å². The quantitative estimate of drug-likeness (QED) is 0.855. The highest BCUT2D eigenvalue weighted by molar-refractivity contribution is 7.89. The van der Waals surface area contributed by atoms with Crippen LogP contribution in [0, 0.1) is 11.3 Å². The lowest BCUT2D eigenvalue weighted by atomic mass is 10.2. The second-order valence-corrected chi connectivity index (χ2v) is 7.08. The van der Waals surface area contributed by atoms with Crippen LogP contribution in [0.1, 0.15) is 18.9 Å². The molecule has 1 aliphatic rings. The van der Waals surface area contributed by atoms with Gasteiger partial charge in [-0.05, 0) is 31.5 Å². The van der Waals surface area contributed by atoms with Gasteiger partial charge >= 0.3 is 0 Å². The standard InChI is InChI=1S/C13H15ClN2O3S/c1-9-12(5-6-19-9)16(2)20(17,18)13-4-3-10(8-15)7-11(13)14/h3-4,7,9,12H,5-6H2,1-2H3. The van der Waals surface area contributed by atoms with Gasteiger partial charge in [-0.15, -0.1) is 0 Å². The van der Waals surface area contributed by atoms with Crippen LogP contribution >= 0.6 is 11.6 Å². The van der Waals surface area contributed by atoms with E-state index < -0.39 is 10.0 Å². The second-order valence-electron chi connectivity index (χ2n) is 4.71. The minimum atomic E-state index is -3.70. The second kappa shape index (κ2) is 5.70. The van der Waals surface area contributed by atoms with Gasteiger partial charge < -0.3 is 4.74 Å². The summed E-state index contributed by atoms with van der Waals surface area (Å²) in [6.07, 6.45) is 0.511. The van der Waals surface area contributed by atoms with Crippen LogP contribution in [0.25, 0.3) is 0 Å². The zero-order valence-electron chi connectivity index (χ0n) is 11.2. The van der Waals surface area contributed by atoms with E-state index in [-0.39, 0.29) is 22.1 Å². The van der Waals surface area contributed by atoms with E-state index >= 15 is 0 Å². The Morgan fingerprint density at radius 2 is 2.20 bits per heavy atom. The highest BCUT2D eigenvalue weighted by Gasteiger charge is 2.36. The van der Waals surface area contributed by atoms with Crippen LogP contribution in [0.15, 0.2) is 23.1 Å². The van der Waals surface area contributed by atoms with Gasteiger partial charge in [0.15, 0.2) is 0 Å². The van der Waals surface area contributed by atoms with Gasteiger partial charge in [0.05, 0.1) is 28.8 Å². The number of benzene rings is 1. The van der Waals surface area contributed by atoms with E-state index in [1.165, 1.54) is 29.6 Å². The highest BCUT2D eigenvalue weighted by atomic mass is 35.5. The molecule has 0 aromatic heterocycles. The van der Waals surface area contributed by atoms with Gasteiger partial charge in [-0.25, -0.2) is 8.42 Å². The van der Waals surface area contributed by atoms with E-state index in [0.717, 1.165) is 0 Å². The number of hydrogen-bond donors (Lipinski definition) is 0. The summed E-state index contributed by atoms with van der Waals surface area (Å²) in [7, 11) is -2.17. The third-order valence-corrected chi connectivity index (χ3v) is 5.89. The van der Waals surface area contributed by atoms with Gasteiger partial charge in [-0.3, -0.25) is 0 Å². The number of sulfonamides is 1. The first-order valence-electron chi connectivity index (χ1n) is 6.17. The Kier molecular flexibility index (Phi) is 4.35. The molecule has 0 amide bonds. The van der Waals surface area contributed by atoms with Gasteiger partial charge in [-0.1, -0.05) is 11.6 Å². The maximum atomic E-state index is 12.6. The Hall–Kier alpha value is -1.13. The van der Waals surface area contributed by atoms with Gasteiger partial charge in [0, 0.05) is 13.7 Å². The molecule has 20 heavy (non-hydrogen) atoms.